The molecular formula is C30H36N4O3S. The number of aryl methyl sites for hydroxylation is 1. The number of allylic oxidation sites excluding steroid dienone is 1. The third-order valence-corrected chi connectivity index (χ3v) is 11.8. The minimum atomic E-state index is -1.43. The van der Waals surface area contributed by atoms with E-state index in [1.807, 2.05) is 42.2 Å². The van der Waals surface area contributed by atoms with E-state index in [9.17, 15) is 15.0 Å². The van der Waals surface area contributed by atoms with Crippen molar-refractivity contribution in [1.29, 1.82) is 0 Å². The second-order valence-corrected chi connectivity index (χ2v) is 13.6. The van der Waals surface area contributed by atoms with Crippen LogP contribution in [0.4, 0.5) is 0 Å². The monoisotopic (exact) mass is 532 g/mol. The SMILES string of the molecule is Cn1ncc2c1C=C1CCC3C(C(O)CC4(C)C3CC[C@]4(O)C(=O)CSc3nc4ccccc4[nH]3)C1(C)C2. The quantitative estimate of drug-likeness (QED) is 0.426. The van der Waals surface area contributed by atoms with Gasteiger partial charge >= 0.3 is 0 Å². The molecule has 3 N–H and O–H groups in total. The number of nitrogens with one attached hydrogen (secondary N) is 1. The molecule has 7 nitrogen and oxygen atoms in total. The Morgan fingerprint density at radius 3 is 2.89 bits per heavy atom. The molecule has 3 fully saturated rings. The summed E-state index contributed by atoms with van der Waals surface area (Å²) in [6, 6.07) is 7.81. The predicted molar refractivity (Wildman–Crippen MR) is 147 cm³/mol. The molecular weight excluding hydrogens is 496 g/mol. The van der Waals surface area contributed by atoms with Crippen LogP contribution >= 0.6 is 11.8 Å². The zero-order valence-corrected chi connectivity index (χ0v) is 23.1. The second kappa shape index (κ2) is 8.29. The first kappa shape index (κ1) is 24.6. The number of nitrogens with zero attached hydrogens (tertiary/aromatic N) is 3. The van der Waals surface area contributed by atoms with Crippen molar-refractivity contribution in [2.24, 2.45) is 35.6 Å². The van der Waals surface area contributed by atoms with Crippen LogP contribution in [0.25, 0.3) is 17.1 Å². The number of ketones is 1. The Labute approximate surface area is 227 Å². The summed E-state index contributed by atoms with van der Waals surface area (Å²) in [6.45, 7) is 4.40. The lowest BCUT2D eigenvalue weighted by Gasteiger charge is -2.60. The van der Waals surface area contributed by atoms with E-state index in [2.05, 4.69) is 35.0 Å². The third-order valence-electron chi connectivity index (χ3n) is 10.9. The minimum absolute atomic E-state index is 0.122. The molecule has 0 radical (unpaired) electrons. The van der Waals surface area contributed by atoms with Crippen molar-refractivity contribution in [2.45, 2.75) is 69.2 Å². The molecule has 0 spiro atoms. The average Bonchev–Trinajstić information content (AvgIpc) is 3.54. The van der Waals surface area contributed by atoms with Gasteiger partial charge in [0.05, 0.1) is 34.8 Å². The fraction of sp³-hybridized carbons (Fsp3) is 0.567. The van der Waals surface area contributed by atoms with E-state index < -0.39 is 17.1 Å². The number of rotatable bonds is 4. The minimum Gasteiger partial charge on any atom is -0.393 e. The number of benzene rings is 1. The zero-order chi connectivity index (χ0) is 26.4. The van der Waals surface area contributed by atoms with Crippen LogP contribution in [0.3, 0.4) is 0 Å². The van der Waals surface area contributed by atoms with E-state index in [-0.39, 0.29) is 34.7 Å². The first-order chi connectivity index (χ1) is 18.1. The van der Waals surface area contributed by atoms with Crippen molar-refractivity contribution < 1.29 is 15.0 Å². The Morgan fingerprint density at radius 2 is 2.08 bits per heavy atom. The van der Waals surface area contributed by atoms with Gasteiger partial charge in [-0.1, -0.05) is 43.3 Å². The van der Waals surface area contributed by atoms with Gasteiger partial charge in [-0.25, -0.2) is 4.98 Å². The van der Waals surface area contributed by atoms with Crippen molar-refractivity contribution in [3.63, 3.8) is 0 Å². The van der Waals surface area contributed by atoms with Gasteiger partial charge in [0, 0.05) is 12.5 Å². The summed E-state index contributed by atoms with van der Waals surface area (Å²) < 4.78 is 1.95. The number of aliphatic hydroxyl groups excluding tert-OH is 1. The molecule has 0 bridgehead atoms. The molecule has 6 unspecified atom stereocenters. The van der Waals surface area contributed by atoms with E-state index in [0.717, 1.165) is 36.7 Å². The molecule has 2 aromatic heterocycles. The highest BCUT2D eigenvalue weighted by molar-refractivity contribution is 7.99. The summed E-state index contributed by atoms with van der Waals surface area (Å²) >= 11 is 1.36. The summed E-state index contributed by atoms with van der Waals surface area (Å²) in [5, 5.41) is 29.0. The molecule has 4 aliphatic rings. The van der Waals surface area contributed by atoms with Gasteiger partial charge in [0.15, 0.2) is 10.9 Å². The maximum atomic E-state index is 13.7. The number of aromatic nitrogens is 4. The number of H-pyrrole nitrogens is 1. The number of imidazole rings is 1. The molecule has 2 heterocycles. The van der Waals surface area contributed by atoms with Crippen LogP contribution < -0.4 is 0 Å². The molecule has 1 aromatic carbocycles. The predicted octanol–water partition coefficient (Wildman–Crippen LogP) is 4.54. The summed E-state index contributed by atoms with van der Waals surface area (Å²) in [7, 11) is 1.99. The second-order valence-electron chi connectivity index (χ2n) is 12.6. The highest BCUT2D eigenvalue weighted by Gasteiger charge is 2.68. The van der Waals surface area contributed by atoms with Crippen LogP contribution in [0.1, 0.15) is 57.2 Å². The first-order valence-electron chi connectivity index (χ1n) is 13.9. The Balaban J connectivity index is 1.14. The lowest BCUT2D eigenvalue weighted by molar-refractivity contribution is -0.177. The van der Waals surface area contributed by atoms with Crippen LogP contribution in [0.15, 0.2) is 41.2 Å². The number of hydrogen-bond donors (Lipinski definition) is 3. The summed E-state index contributed by atoms with van der Waals surface area (Å²) in [6.07, 6.45) is 8.36. The van der Waals surface area contributed by atoms with Gasteiger partial charge in [0.2, 0.25) is 0 Å². The number of para-hydroxylation sites is 2. The summed E-state index contributed by atoms with van der Waals surface area (Å²) in [5.74, 6) is 0.649. The van der Waals surface area contributed by atoms with Crippen LogP contribution in [0.5, 0.6) is 0 Å². The van der Waals surface area contributed by atoms with E-state index in [1.165, 1.54) is 28.6 Å². The Kier molecular flexibility index (Phi) is 5.37. The lowest BCUT2D eigenvalue weighted by Crippen LogP contribution is -2.62. The molecule has 4 aliphatic carbocycles. The number of hydrogen-bond acceptors (Lipinski definition) is 6. The Hall–Kier alpha value is -2.42. The summed E-state index contributed by atoms with van der Waals surface area (Å²) in [4.78, 5) is 21.6. The molecule has 38 heavy (non-hydrogen) atoms. The van der Waals surface area contributed by atoms with E-state index >= 15 is 0 Å². The van der Waals surface area contributed by atoms with Gasteiger partial charge in [0.1, 0.15) is 5.60 Å². The summed E-state index contributed by atoms with van der Waals surface area (Å²) in [5.41, 5.74) is 3.49. The molecule has 8 heteroatoms. The van der Waals surface area contributed by atoms with Gasteiger partial charge in [-0.2, -0.15) is 5.10 Å². The van der Waals surface area contributed by atoms with Crippen LogP contribution in [-0.2, 0) is 18.3 Å². The van der Waals surface area contributed by atoms with Crippen molar-refractivity contribution in [3.05, 3.63) is 47.3 Å². The van der Waals surface area contributed by atoms with Crippen LogP contribution in [0.2, 0.25) is 0 Å². The molecule has 0 saturated heterocycles. The maximum absolute atomic E-state index is 13.7. The fourth-order valence-electron chi connectivity index (χ4n) is 9.03. The molecule has 3 saturated carbocycles. The van der Waals surface area contributed by atoms with E-state index in [0.29, 0.717) is 18.0 Å². The smallest absolute Gasteiger partial charge is 0.175 e. The number of aromatic amines is 1. The topological polar surface area (TPSA) is 104 Å². The fourth-order valence-corrected chi connectivity index (χ4v) is 9.88. The standard InChI is InChI=1S/C30H36N4O3S/c1-28-13-17-15-31-34(3)23(17)12-18(28)8-9-19-20-10-11-30(37,29(20,2)14-24(35)26(19)28)25(36)16-38-27-32-21-6-4-5-7-22(21)33-27/h4-7,12,15,19-20,24,26,35,37H,8-11,13-14,16H2,1-3H3,(H,32,33)/t19?,20?,24?,26?,28?,29?,30-/m0/s1. The van der Waals surface area contributed by atoms with Crippen LogP contribution in [-0.4, -0.2) is 53.2 Å². The lowest BCUT2D eigenvalue weighted by atomic mass is 9.45. The van der Waals surface area contributed by atoms with E-state index in [1.54, 1.807) is 0 Å². The largest absolute Gasteiger partial charge is 0.393 e. The van der Waals surface area contributed by atoms with Crippen molar-refractivity contribution >= 4 is 34.7 Å². The molecule has 7 rings (SSSR count). The van der Waals surface area contributed by atoms with Crippen molar-refractivity contribution in [3.8, 4) is 0 Å². The van der Waals surface area contributed by atoms with Gasteiger partial charge in [0.25, 0.3) is 0 Å². The van der Waals surface area contributed by atoms with Gasteiger partial charge < -0.3 is 15.2 Å². The normalized spacial score (nSPS) is 37.8. The third kappa shape index (κ3) is 3.26. The van der Waals surface area contributed by atoms with Crippen molar-refractivity contribution in [2.75, 3.05) is 5.75 Å². The molecule has 0 aliphatic heterocycles. The number of Topliss-reactive ketones (excluding diaryl/α,β-unsaturated/α-hetero) is 1. The maximum Gasteiger partial charge on any atom is 0.175 e. The molecule has 0 amide bonds. The molecule has 200 valence electrons. The van der Waals surface area contributed by atoms with Crippen molar-refractivity contribution in [1.82, 2.24) is 19.7 Å². The number of thioether (sulfide) groups is 1. The highest BCUT2D eigenvalue weighted by atomic mass is 32.2. The van der Waals surface area contributed by atoms with E-state index in [4.69, 9.17) is 0 Å². The number of aliphatic hydroxyl groups is 2. The molecule has 3 aromatic rings. The Bertz CT molecular complexity index is 1440. The number of fused-ring (bicyclic) bond motifs is 7. The molecule has 7 atom stereocenters. The highest BCUT2D eigenvalue weighted by Crippen LogP contribution is 2.67. The number of carbonyl (C=O) groups excluding carboxylic acids is 1. The number of carbonyl (C=O) groups is 1. The zero-order valence-electron chi connectivity index (χ0n) is 22.3. The van der Waals surface area contributed by atoms with Crippen LogP contribution in [0, 0.1) is 28.6 Å². The first-order valence-corrected chi connectivity index (χ1v) is 14.9. The van der Waals surface area contributed by atoms with Gasteiger partial charge in [-0.05, 0) is 85.5 Å². The Morgan fingerprint density at radius 1 is 1.26 bits per heavy atom. The average molecular weight is 533 g/mol. The van der Waals surface area contributed by atoms with Gasteiger partial charge in [-0.15, -0.1) is 0 Å². The van der Waals surface area contributed by atoms with Gasteiger partial charge in [-0.3, -0.25) is 9.48 Å².